The molecule has 1 saturated carbocycles. The lowest BCUT2D eigenvalue weighted by molar-refractivity contribution is 0.0922. The van der Waals surface area contributed by atoms with Gasteiger partial charge in [0.15, 0.2) is 10.9 Å². The first-order valence-corrected chi connectivity index (χ1v) is 11.0. The molecule has 0 radical (unpaired) electrons. The van der Waals surface area contributed by atoms with E-state index in [1.165, 1.54) is 42.9 Å². The maximum atomic E-state index is 12.4. The number of amides is 1. The number of aryl methyl sites for hydroxylation is 2. The van der Waals surface area contributed by atoms with Gasteiger partial charge in [0, 0.05) is 11.7 Å². The molecule has 2 aromatic heterocycles. The summed E-state index contributed by atoms with van der Waals surface area (Å²) < 4.78 is 7.53. The van der Waals surface area contributed by atoms with Crippen molar-refractivity contribution in [2.45, 2.75) is 62.9 Å². The van der Waals surface area contributed by atoms with Crippen molar-refractivity contribution < 1.29 is 9.21 Å². The third-order valence-electron chi connectivity index (χ3n) is 5.10. The largest absolute Gasteiger partial charge is 0.447 e. The Morgan fingerprint density at radius 3 is 2.86 bits per heavy atom. The van der Waals surface area contributed by atoms with Gasteiger partial charge in [-0.2, -0.15) is 0 Å². The number of oxazole rings is 1. The van der Waals surface area contributed by atoms with Gasteiger partial charge in [-0.05, 0) is 44.4 Å². The van der Waals surface area contributed by atoms with E-state index < -0.39 is 0 Å². The van der Waals surface area contributed by atoms with Gasteiger partial charge >= 0.3 is 0 Å². The summed E-state index contributed by atoms with van der Waals surface area (Å²) in [7, 11) is 0. The average Bonchev–Trinajstić information content (AvgIpc) is 3.34. The Morgan fingerprint density at radius 1 is 1.24 bits per heavy atom. The Morgan fingerprint density at radius 2 is 2.07 bits per heavy atom. The van der Waals surface area contributed by atoms with Crippen LogP contribution >= 0.6 is 11.8 Å². The van der Waals surface area contributed by atoms with Crippen LogP contribution in [0.15, 0.2) is 40.1 Å². The molecule has 0 atom stereocenters. The summed E-state index contributed by atoms with van der Waals surface area (Å²) >= 11 is 1.48. The molecule has 1 aliphatic rings. The highest BCUT2D eigenvalue weighted by molar-refractivity contribution is 7.98. The summed E-state index contributed by atoms with van der Waals surface area (Å²) in [5, 5.41) is 12.3. The third-order valence-corrected chi connectivity index (χ3v) is 6.02. The van der Waals surface area contributed by atoms with E-state index >= 15 is 0 Å². The van der Waals surface area contributed by atoms with Crippen molar-refractivity contribution in [3.63, 3.8) is 0 Å². The first-order valence-electron chi connectivity index (χ1n) is 9.97. The van der Waals surface area contributed by atoms with Gasteiger partial charge in [-0.25, -0.2) is 4.98 Å². The number of aromatic nitrogens is 4. The molecule has 0 bridgehead atoms. The fourth-order valence-electron chi connectivity index (χ4n) is 3.61. The van der Waals surface area contributed by atoms with Crippen LogP contribution in [0.5, 0.6) is 0 Å². The number of carbonyl (C=O) groups is 1. The van der Waals surface area contributed by atoms with Gasteiger partial charge in [-0.3, -0.25) is 9.36 Å². The molecule has 1 N–H and O–H groups in total. The van der Waals surface area contributed by atoms with Crippen molar-refractivity contribution in [2.24, 2.45) is 0 Å². The van der Waals surface area contributed by atoms with Crippen molar-refractivity contribution in [2.75, 3.05) is 0 Å². The molecular formula is C21H25N5O2S. The molecule has 0 aliphatic heterocycles. The highest BCUT2D eigenvalue weighted by atomic mass is 32.2. The van der Waals surface area contributed by atoms with E-state index in [9.17, 15) is 4.79 Å². The highest BCUT2D eigenvalue weighted by Gasteiger charge is 2.20. The standard InChI is InChI=1S/C21H25N5O2S/c1-14-7-6-10-17(11-14)26-15(2)24-25-21(26)29-13-19-23-18(12-28-19)20(27)22-16-8-4-3-5-9-16/h6-7,10-12,16H,3-5,8-9,13H2,1-2H3,(H,22,27). The van der Waals surface area contributed by atoms with E-state index in [-0.39, 0.29) is 11.9 Å². The minimum absolute atomic E-state index is 0.157. The molecule has 2 heterocycles. The summed E-state index contributed by atoms with van der Waals surface area (Å²) in [6.07, 6.45) is 7.12. The number of rotatable bonds is 6. The number of thioether (sulfide) groups is 1. The summed E-state index contributed by atoms with van der Waals surface area (Å²) in [4.78, 5) is 16.8. The predicted octanol–water partition coefficient (Wildman–Crippen LogP) is 4.23. The van der Waals surface area contributed by atoms with Gasteiger partial charge in [0.1, 0.15) is 12.1 Å². The Hall–Kier alpha value is -2.61. The third kappa shape index (κ3) is 4.70. The maximum Gasteiger partial charge on any atom is 0.273 e. The molecule has 1 aliphatic carbocycles. The second-order valence-corrected chi connectivity index (χ2v) is 8.37. The summed E-state index contributed by atoms with van der Waals surface area (Å²) in [6, 6.07) is 8.46. The molecule has 8 heteroatoms. The van der Waals surface area contributed by atoms with Crippen molar-refractivity contribution >= 4 is 17.7 Å². The lowest BCUT2D eigenvalue weighted by atomic mass is 9.95. The number of hydrogen-bond acceptors (Lipinski definition) is 6. The van der Waals surface area contributed by atoms with Crippen molar-refractivity contribution in [1.82, 2.24) is 25.1 Å². The van der Waals surface area contributed by atoms with Gasteiger partial charge in [-0.1, -0.05) is 43.2 Å². The fourth-order valence-corrected chi connectivity index (χ4v) is 4.47. The van der Waals surface area contributed by atoms with Crippen LogP contribution in [-0.4, -0.2) is 31.7 Å². The molecule has 0 unspecified atom stereocenters. The second kappa shape index (κ2) is 8.82. The minimum atomic E-state index is -0.157. The molecule has 0 spiro atoms. The molecule has 0 saturated heterocycles. The van der Waals surface area contributed by atoms with Gasteiger partial charge in [0.25, 0.3) is 5.91 Å². The molecule has 1 amide bonds. The Kier molecular flexibility index (Phi) is 5.99. The molecule has 1 fully saturated rings. The molecular weight excluding hydrogens is 386 g/mol. The van der Waals surface area contributed by atoms with Crippen LogP contribution in [0.4, 0.5) is 0 Å². The van der Waals surface area contributed by atoms with Gasteiger partial charge in [0.05, 0.1) is 5.75 Å². The zero-order valence-electron chi connectivity index (χ0n) is 16.7. The highest BCUT2D eigenvalue weighted by Crippen LogP contribution is 2.25. The van der Waals surface area contributed by atoms with E-state index in [4.69, 9.17) is 4.42 Å². The number of nitrogens with one attached hydrogen (secondary N) is 1. The van der Waals surface area contributed by atoms with E-state index in [0.717, 1.165) is 29.5 Å². The van der Waals surface area contributed by atoms with Gasteiger partial charge < -0.3 is 9.73 Å². The van der Waals surface area contributed by atoms with E-state index in [0.29, 0.717) is 17.3 Å². The SMILES string of the molecule is Cc1cccc(-n2c(C)nnc2SCc2nc(C(=O)NC3CCCCC3)co2)c1. The first kappa shape index (κ1) is 19.7. The van der Waals surface area contributed by atoms with Gasteiger partial charge in [-0.15, -0.1) is 10.2 Å². The zero-order valence-corrected chi connectivity index (χ0v) is 17.5. The van der Waals surface area contributed by atoms with Crippen molar-refractivity contribution in [3.8, 4) is 5.69 Å². The maximum absolute atomic E-state index is 12.4. The molecule has 3 aromatic rings. The van der Waals surface area contributed by atoms with E-state index in [1.807, 2.05) is 23.6 Å². The molecule has 152 valence electrons. The minimum Gasteiger partial charge on any atom is -0.447 e. The van der Waals surface area contributed by atoms with Crippen LogP contribution in [0.25, 0.3) is 5.69 Å². The topological polar surface area (TPSA) is 85.8 Å². The summed E-state index contributed by atoms with van der Waals surface area (Å²) in [6.45, 7) is 3.99. The normalized spacial score (nSPS) is 14.8. The monoisotopic (exact) mass is 411 g/mol. The summed E-state index contributed by atoms with van der Waals surface area (Å²) in [5.41, 5.74) is 2.53. The summed E-state index contributed by atoms with van der Waals surface area (Å²) in [5.74, 6) is 1.63. The molecule has 4 rings (SSSR count). The average molecular weight is 412 g/mol. The van der Waals surface area contributed by atoms with Crippen molar-refractivity contribution in [3.05, 3.63) is 53.5 Å². The number of nitrogens with zero attached hydrogens (tertiary/aromatic N) is 4. The van der Waals surface area contributed by atoms with Crippen molar-refractivity contribution in [1.29, 1.82) is 0 Å². The lowest BCUT2D eigenvalue weighted by Gasteiger charge is -2.22. The molecule has 1 aromatic carbocycles. The number of hydrogen-bond donors (Lipinski definition) is 1. The predicted molar refractivity (Wildman–Crippen MR) is 111 cm³/mol. The Labute approximate surface area is 174 Å². The molecule has 7 nitrogen and oxygen atoms in total. The van der Waals surface area contributed by atoms with E-state index in [2.05, 4.69) is 39.6 Å². The van der Waals surface area contributed by atoms with Crippen LogP contribution in [0.1, 0.15) is 59.9 Å². The zero-order chi connectivity index (χ0) is 20.2. The van der Waals surface area contributed by atoms with Crippen LogP contribution < -0.4 is 5.32 Å². The van der Waals surface area contributed by atoms with Crippen LogP contribution in [0.2, 0.25) is 0 Å². The fraction of sp³-hybridized carbons (Fsp3) is 0.429. The van der Waals surface area contributed by atoms with Crippen LogP contribution in [0.3, 0.4) is 0 Å². The number of carbonyl (C=O) groups excluding carboxylic acids is 1. The lowest BCUT2D eigenvalue weighted by Crippen LogP contribution is -2.36. The molecule has 29 heavy (non-hydrogen) atoms. The smallest absolute Gasteiger partial charge is 0.273 e. The van der Waals surface area contributed by atoms with Crippen LogP contribution in [-0.2, 0) is 5.75 Å². The Bertz CT molecular complexity index is 991. The van der Waals surface area contributed by atoms with Gasteiger partial charge in [0.2, 0.25) is 5.89 Å². The van der Waals surface area contributed by atoms with E-state index in [1.54, 1.807) is 0 Å². The first-order chi connectivity index (χ1) is 14.1. The second-order valence-electron chi connectivity index (χ2n) is 7.43. The van der Waals surface area contributed by atoms with Crippen LogP contribution in [0, 0.1) is 13.8 Å². The quantitative estimate of drug-likeness (QED) is 0.611. The number of benzene rings is 1. The Balaban J connectivity index is 1.41.